The van der Waals surface area contributed by atoms with E-state index in [2.05, 4.69) is 27.3 Å². The Morgan fingerprint density at radius 2 is 1.84 bits per heavy atom. The zero-order valence-electron chi connectivity index (χ0n) is 12.2. The molecule has 0 amide bonds. The second-order valence-electron chi connectivity index (χ2n) is 4.83. The highest BCUT2D eigenvalue weighted by Gasteiger charge is 2.14. The van der Waals surface area contributed by atoms with Crippen LogP contribution in [0.3, 0.4) is 0 Å². The molecule has 19 heavy (non-hydrogen) atoms. The Hall–Kier alpha value is -1.91. The van der Waals surface area contributed by atoms with Crippen molar-refractivity contribution in [1.29, 1.82) is 0 Å². The first kappa shape index (κ1) is 13.5. The molecule has 5 nitrogen and oxygen atoms in total. The quantitative estimate of drug-likeness (QED) is 0.917. The fraction of sp³-hybridized carbons (Fsp3) is 0.500. The number of aromatic nitrogens is 4. The van der Waals surface area contributed by atoms with Crippen LogP contribution in [0.4, 0.5) is 5.95 Å². The van der Waals surface area contributed by atoms with E-state index in [1.807, 2.05) is 44.8 Å². The molecule has 2 aromatic rings. The lowest BCUT2D eigenvalue weighted by Gasteiger charge is -2.18. The Morgan fingerprint density at radius 1 is 1.21 bits per heavy atom. The van der Waals surface area contributed by atoms with Gasteiger partial charge in [-0.05, 0) is 38.8 Å². The molecule has 0 saturated carbocycles. The standard InChI is InChI=1S/C14H21N5/c1-6-12(13-7-8-15-19(13)5)18-14-16-10(3)9(2)11(4)17-14/h7-8,12H,6H2,1-5H3,(H,16,17,18). The summed E-state index contributed by atoms with van der Waals surface area (Å²) in [5.41, 5.74) is 4.34. The second-order valence-corrected chi connectivity index (χ2v) is 4.83. The molecular weight excluding hydrogens is 238 g/mol. The predicted molar refractivity (Wildman–Crippen MR) is 76.1 cm³/mol. The van der Waals surface area contributed by atoms with Crippen LogP contribution in [0.5, 0.6) is 0 Å². The lowest BCUT2D eigenvalue weighted by atomic mass is 10.1. The molecule has 0 saturated heterocycles. The third-order valence-electron chi connectivity index (χ3n) is 3.56. The van der Waals surface area contributed by atoms with Gasteiger partial charge in [-0.3, -0.25) is 4.68 Å². The number of anilines is 1. The minimum absolute atomic E-state index is 0.175. The Labute approximate surface area is 114 Å². The van der Waals surface area contributed by atoms with Gasteiger partial charge in [0.2, 0.25) is 5.95 Å². The van der Waals surface area contributed by atoms with Crippen molar-refractivity contribution in [2.24, 2.45) is 7.05 Å². The van der Waals surface area contributed by atoms with Gasteiger partial charge in [0.25, 0.3) is 0 Å². The zero-order chi connectivity index (χ0) is 14.0. The van der Waals surface area contributed by atoms with Gasteiger partial charge in [-0.25, -0.2) is 9.97 Å². The summed E-state index contributed by atoms with van der Waals surface area (Å²) >= 11 is 0. The van der Waals surface area contributed by atoms with Crippen molar-refractivity contribution in [2.75, 3.05) is 5.32 Å². The van der Waals surface area contributed by atoms with Gasteiger partial charge in [0.15, 0.2) is 0 Å². The first-order chi connectivity index (χ1) is 9.02. The first-order valence-electron chi connectivity index (χ1n) is 6.59. The summed E-state index contributed by atoms with van der Waals surface area (Å²) < 4.78 is 1.88. The van der Waals surface area contributed by atoms with Gasteiger partial charge in [0, 0.05) is 24.6 Å². The van der Waals surface area contributed by atoms with E-state index in [4.69, 9.17) is 0 Å². The zero-order valence-corrected chi connectivity index (χ0v) is 12.2. The molecule has 0 fully saturated rings. The Bertz CT molecular complexity index is 550. The van der Waals surface area contributed by atoms with Crippen molar-refractivity contribution in [3.05, 3.63) is 34.9 Å². The molecule has 1 atom stereocenters. The normalized spacial score (nSPS) is 12.5. The smallest absolute Gasteiger partial charge is 0.223 e. The average molecular weight is 259 g/mol. The van der Waals surface area contributed by atoms with E-state index in [0.29, 0.717) is 5.95 Å². The van der Waals surface area contributed by atoms with Crippen LogP contribution in [0, 0.1) is 20.8 Å². The summed E-state index contributed by atoms with van der Waals surface area (Å²) in [6, 6.07) is 2.20. The molecule has 2 rings (SSSR count). The summed E-state index contributed by atoms with van der Waals surface area (Å²) in [6.07, 6.45) is 2.76. The molecule has 0 aromatic carbocycles. The van der Waals surface area contributed by atoms with Gasteiger partial charge in [-0.1, -0.05) is 6.92 Å². The van der Waals surface area contributed by atoms with Crippen LogP contribution in [0.1, 0.15) is 42.0 Å². The van der Waals surface area contributed by atoms with E-state index in [9.17, 15) is 0 Å². The molecule has 1 unspecified atom stereocenters. The van der Waals surface area contributed by atoms with E-state index in [-0.39, 0.29) is 6.04 Å². The van der Waals surface area contributed by atoms with Gasteiger partial charge in [0.1, 0.15) is 0 Å². The van der Waals surface area contributed by atoms with E-state index >= 15 is 0 Å². The minimum Gasteiger partial charge on any atom is -0.346 e. The Morgan fingerprint density at radius 3 is 2.32 bits per heavy atom. The fourth-order valence-electron chi connectivity index (χ4n) is 2.10. The fourth-order valence-corrected chi connectivity index (χ4v) is 2.10. The molecule has 0 radical (unpaired) electrons. The lowest BCUT2D eigenvalue weighted by molar-refractivity contribution is 0.629. The highest BCUT2D eigenvalue weighted by Crippen LogP contribution is 2.21. The van der Waals surface area contributed by atoms with Gasteiger partial charge < -0.3 is 5.32 Å². The van der Waals surface area contributed by atoms with Crippen molar-refractivity contribution in [3.8, 4) is 0 Å². The molecule has 1 N–H and O–H groups in total. The third-order valence-corrected chi connectivity index (χ3v) is 3.56. The molecule has 2 aromatic heterocycles. The monoisotopic (exact) mass is 259 g/mol. The van der Waals surface area contributed by atoms with Crippen molar-refractivity contribution in [3.63, 3.8) is 0 Å². The molecule has 102 valence electrons. The highest BCUT2D eigenvalue weighted by molar-refractivity contribution is 5.35. The first-order valence-corrected chi connectivity index (χ1v) is 6.59. The van der Waals surface area contributed by atoms with E-state index in [1.54, 1.807) is 0 Å². The maximum Gasteiger partial charge on any atom is 0.223 e. The third kappa shape index (κ3) is 2.75. The summed E-state index contributed by atoms with van der Waals surface area (Å²) in [5, 5.41) is 7.61. The highest BCUT2D eigenvalue weighted by atomic mass is 15.3. The molecule has 0 aliphatic heterocycles. The van der Waals surface area contributed by atoms with E-state index in [0.717, 1.165) is 29.1 Å². The van der Waals surface area contributed by atoms with Crippen LogP contribution < -0.4 is 5.32 Å². The summed E-state index contributed by atoms with van der Waals surface area (Å²) in [6.45, 7) is 8.21. The van der Waals surface area contributed by atoms with E-state index < -0.39 is 0 Å². The second kappa shape index (κ2) is 5.38. The number of aryl methyl sites for hydroxylation is 3. The van der Waals surface area contributed by atoms with Crippen molar-refractivity contribution >= 4 is 5.95 Å². The molecule has 0 spiro atoms. The van der Waals surface area contributed by atoms with E-state index in [1.165, 1.54) is 0 Å². The summed E-state index contributed by atoms with van der Waals surface area (Å²) in [4.78, 5) is 9.02. The molecule has 0 aliphatic carbocycles. The minimum atomic E-state index is 0.175. The molecular formula is C14H21N5. The van der Waals surface area contributed by atoms with Crippen LogP contribution in [-0.4, -0.2) is 19.7 Å². The molecule has 2 heterocycles. The number of nitrogens with zero attached hydrogens (tertiary/aromatic N) is 4. The van der Waals surface area contributed by atoms with Crippen LogP contribution in [0.25, 0.3) is 0 Å². The van der Waals surface area contributed by atoms with Crippen LogP contribution in [-0.2, 0) is 7.05 Å². The topological polar surface area (TPSA) is 55.6 Å². The van der Waals surface area contributed by atoms with Crippen molar-refractivity contribution < 1.29 is 0 Å². The molecule has 5 heteroatoms. The lowest BCUT2D eigenvalue weighted by Crippen LogP contribution is -2.16. The van der Waals surface area contributed by atoms with Crippen LogP contribution >= 0.6 is 0 Å². The summed E-state index contributed by atoms with van der Waals surface area (Å²) in [7, 11) is 1.95. The summed E-state index contributed by atoms with van der Waals surface area (Å²) in [5.74, 6) is 0.689. The molecule has 0 bridgehead atoms. The maximum atomic E-state index is 4.51. The van der Waals surface area contributed by atoms with Gasteiger partial charge in [0.05, 0.1) is 11.7 Å². The Kier molecular flexibility index (Phi) is 3.83. The van der Waals surface area contributed by atoms with Crippen LogP contribution in [0.2, 0.25) is 0 Å². The average Bonchev–Trinajstić information content (AvgIpc) is 2.79. The predicted octanol–water partition coefficient (Wildman–Crippen LogP) is 2.70. The largest absolute Gasteiger partial charge is 0.346 e. The van der Waals surface area contributed by atoms with Crippen molar-refractivity contribution in [2.45, 2.75) is 40.2 Å². The van der Waals surface area contributed by atoms with Gasteiger partial charge in [-0.2, -0.15) is 5.10 Å². The SMILES string of the molecule is CCC(Nc1nc(C)c(C)c(C)n1)c1ccnn1C. The van der Waals surface area contributed by atoms with Crippen molar-refractivity contribution in [1.82, 2.24) is 19.7 Å². The maximum absolute atomic E-state index is 4.51. The number of nitrogens with one attached hydrogen (secondary N) is 1. The Balaban J connectivity index is 2.27. The van der Waals surface area contributed by atoms with Gasteiger partial charge >= 0.3 is 0 Å². The number of rotatable bonds is 4. The van der Waals surface area contributed by atoms with Crippen LogP contribution in [0.15, 0.2) is 12.3 Å². The van der Waals surface area contributed by atoms with Gasteiger partial charge in [-0.15, -0.1) is 0 Å². The number of hydrogen-bond acceptors (Lipinski definition) is 4. The number of hydrogen-bond donors (Lipinski definition) is 1. The molecule has 0 aliphatic rings.